The summed E-state index contributed by atoms with van der Waals surface area (Å²) < 4.78 is 16.4. The minimum absolute atomic E-state index is 0.0119. The Morgan fingerprint density at radius 3 is 2.24 bits per heavy atom. The lowest BCUT2D eigenvalue weighted by atomic mass is 9.97. The molecule has 0 saturated heterocycles. The fourth-order valence-electron chi connectivity index (χ4n) is 4.32. The van der Waals surface area contributed by atoms with E-state index in [2.05, 4.69) is 5.32 Å². The molecular weight excluding hydrogens is 572 g/mol. The van der Waals surface area contributed by atoms with E-state index < -0.39 is 36.0 Å². The highest BCUT2D eigenvalue weighted by molar-refractivity contribution is 7.18. The van der Waals surface area contributed by atoms with Crippen LogP contribution in [0.2, 0.25) is 5.02 Å². The largest absolute Gasteiger partial charge is 0.465 e. The number of aromatic nitrogens is 1. The van der Waals surface area contributed by atoms with Gasteiger partial charge in [0.15, 0.2) is 6.61 Å². The number of pyridine rings is 1. The average molecular weight is 597 g/mol. The normalized spacial score (nSPS) is 10.8. The highest BCUT2D eigenvalue weighted by Gasteiger charge is 2.28. The quantitative estimate of drug-likeness (QED) is 0.222. The minimum atomic E-state index is -0.918. The molecule has 0 unspecified atom stereocenters. The van der Waals surface area contributed by atoms with Crippen molar-refractivity contribution in [1.29, 1.82) is 0 Å². The lowest BCUT2D eigenvalue weighted by molar-refractivity contribution is -0.119. The number of rotatable bonds is 8. The predicted octanol–water partition coefficient (Wildman–Crippen LogP) is 4.99. The summed E-state index contributed by atoms with van der Waals surface area (Å²) in [4.78, 5) is 64.2. The number of carbonyl (C=O) groups excluding carboxylic acids is 4. The van der Waals surface area contributed by atoms with Crippen molar-refractivity contribution < 1.29 is 33.4 Å². The molecule has 1 amide bonds. The minimum Gasteiger partial charge on any atom is -0.465 e. The van der Waals surface area contributed by atoms with E-state index >= 15 is 0 Å². The molecule has 4 rings (SSSR count). The van der Waals surface area contributed by atoms with Gasteiger partial charge in [-0.05, 0) is 48.6 Å². The summed E-state index contributed by atoms with van der Waals surface area (Å²) in [6.45, 7) is 2.55. The van der Waals surface area contributed by atoms with Gasteiger partial charge in [0, 0.05) is 23.0 Å². The van der Waals surface area contributed by atoms with Crippen molar-refractivity contribution in [2.45, 2.75) is 13.8 Å². The number of methoxy groups -OCH3 is 1. The van der Waals surface area contributed by atoms with Crippen LogP contribution in [0, 0.1) is 6.92 Å². The summed E-state index contributed by atoms with van der Waals surface area (Å²) in [5, 5.41) is 3.96. The van der Waals surface area contributed by atoms with Crippen molar-refractivity contribution >= 4 is 62.5 Å². The molecular formula is C29H25ClN2O8S. The van der Waals surface area contributed by atoms with Gasteiger partial charge in [-0.15, -0.1) is 11.3 Å². The molecule has 1 N–H and O–H groups in total. The van der Waals surface area contributed by atoms with E-state index in [9.17, 15) is 24.0 Å². The van der Waals surface area contributed by atoms with Crippen LogP contribution in [-0.2, 0) is 26.1 Å². The molecule has 41 heavy (non-hydrogen) atoms. The van der Waals surface area contributed by atoms with Crippen LogP contribution >= 0.6 is 22.9 Å². The zero-order chi connectivity index (χ0) is 29.8. The Morgan fingerprint density at radius 1 is 0.951 bits per heavy atom. The summed E-state index contributed by atoms with van der Waals surface area (Å²) in [5.41, 5.74) is 0.841. The van der Waals surface area contributed by atoms with E-state index in [1.165, 1.54) is 25.6 Å². The molecule has 0 aliphatic rings. The van der Waals surface area contributed by atoms with Crippen molar-refractivity contribution in [3.8, 4) is 11.1 Å². The maximum atomic E-state index is 13.4. The number of hydrogen-bond donors (Lipinski definition) is 1. The topological polar surface area (TPSA) is 130 Å². The average Bonchev–Trinajstić information content (AvgIpc) is 3.29. The van der Waals surface area contributed by atoms with Gasteiger partial charge >= 0.3 is 17.9 Å². The van der Waals surface area contributed by atoms with Gasteiger partial charge in [-0.1, -0.05) is 41.9 Å². The molecule has 4 aromatic rings. The smallest absolute Gasteiger partial charge is 0.356 e. The lowest BCUT2D eigenvalue weighted by Gasteiger charge is -2.17. The van der Waals surface area contributed by atoms with Crippen LogP contribution in [0.5, 0.6) is 0 Å². The zero-order valence-electron chi connectivity index (χ0n) is 22.5. The Kier molecular flexibility index (Phi) is 8.89. The number of carbonyl (C=O) groups is 4. The molecule has 0 fully saturated rings. The highest BCUT2D eigenvalue weighted by atomic mass is 35.5. The Bertz CT molecular complexity index is 1740. The number of halogens is 1. The number of thiophene rings is 1. The number of nitrogens with one attached hydrogen (secondary N) is 1. The van der Waals surface area contributed by atoms with Crippen LogP contribution in [0.15, 0.2) is 53.3 Å². The standard InChI is InChI=1S/C29H25ClN2O8S/c1-5-39-29(37)24-15(2)21(27(35)38-4)25(41-24)31-20(33)14-40-28(36)23-22(16-10-12-17(30)13-11-16)18-8-6-7-9-19(18)26(34)32(23)3/h6-13H,5,14H2,1-4H3,(H,31,33). The third kappa shape index (κ3) is 5.86. The Morgan fingerprint density at radius 2 is 1.61 bits per heavy atom. The fraction of sp³-hybridized carbons (Fsp3) is 0.207. The van der Waals surface area contributed by atoms with E-state index in [0.717, 1.165) is 11.3 Å². The number of esters is 3. The molecule has 0 bridgehead atoms. The Hall–Kier alpha value is -4.48. The van der Waals surface area contributed by atoms with E-state index in [4.69, 9.17) is 25.8 Å². The Balaban J connectivity index is 1.65. The van der Waals surface area contributed by atoms with Crippen molar-refractivity contribution in [2.24, 2.45) is 7.05 Å². The molecule has 0 atom stereocenters. The summed E-state index contributed by atoms with van der Waals surface area (Å²) >= 11 is 6.91. The molecule has 0 saturated carbocycles. The summed E-state index contributed by atoms with van der Waals surface area (Å²) in [6, 6.07) is 13.6. The molecule has 2 aromatic heterocycles. The van der Waals surface area contributed by atoms with Gasteiger partial charge in [0.05, 0.1) is 19.3 Å². The van der Waals surface area contributed by atoms with Gasteiger partial charge in [-0.2, -0.15) is 0 Å². The second kappa shape index (κ2) is 12.4. The highest BCUT2D eigenvalue weighted by Crippen LogP contribution is 2.35. The van der Waals surface area contributed by atoms with Crippen LogP contribution in [-0.4, -0.2) is 48.7 Å². The second-order valence-electron chi connectivity index (χ2n) is 8.74. The Labute approximate surface area is 243 Å². The van der Waals surface area contributed by atoms with E-state index in [1.807, 2.05) is 0 Å². The number of anilines is 1. The molecule has 2 aromatic carbocycles. The summed E-state index contributed by atoms with van der Waals surface area (Å²) in [5.74, 6) is -3.11. The fourth-order valence-corrected chi connectivity index (χ4v) is 5.55. The molecule has 12 heteroatoms. The number of hydrogen-bond acceptors (Lipinski definition) is 9. The van der Waals surface area contributed by atoms with Gasteiger partial charge in [-0.3, -0.25) is 9.59 Å². The van der Waals surface area contributed by atoms with E-state index in [0.29, 0.717) is 26.9 Å². The van der Waals surface area contributed by atoms with E-state index in [-0.39, 0.29) is 33.3 Å². The van der Waals surface area contributed by atoms with Crippen LogP contribution in [0.1, 0.15) is 43.0 Å². The first-order valence-corrected chi connectivity index (χ1v) is 13.5. The van der Waals surface area contributed by atoms with E-state index in [1.54, 1.807) is 55.5 Å². The maximum Gasteiger partial charge on any atom is 0.356 e. The first kappa shape index (κ1) is 29.5. The molecule has 0 spiro atoms. The van der Waals surface area contributed by atoms with Crippen LogP contribution < -0.4 is 10.9 Å². The SMILES string of the molecule is CCOC(=O)c1sc(NC(=O)COC(=O)c2c(-c3ccc(Cl)cc3)c3ccccc3c(=O)n2C)c(C(=O)OC)c1C. The molecule has 10 nitrogen and oxygen atoms in total. The van der Waals surface area contributed by atoms with Crippen molar-refractivity contribution in [1.82, 2.24) is 4.57 Å². The predicted molar refractivity (Wildman–Crippen MR) is 155 cm³/mol. The third-order valence-corrected chi connectivity index (χ3v) is 7.65. The summed E-state index contributed by atoms with van der Waals surface area (Å²) in [7, 11) is 2.61. The molecule has 0 aliphatic heterocycles. The number of amides is 1. The first-order valence-electron chi connectivity index (χ1n) is 12.3. The van der Waals surface area contributed by atoms with Crippen LogP contribution in [0.4, 0.5) is 5.00 Å². The van der Waals surface area contributed by atoms with Crippen molar-refractivity contribution in [3.63, 3.8) is 0 Å². The monoisotopic (exact) mass is 596 g/mol. The van der Waals surface area contributed by atoms with Gasteiger partial charge in [0.25, 0.3) is 11.5 Å². The number of ether oxygens (including phenoxy) is 3. The van der Waals surface area contributed by atoms with Gasteiger partial charge < -0.3 is 24.1 Å². The lowest BCUT2D eigenvalue weighted by Crippen LogP contribution is -2.28. The van der Waals surface area contributed by atoms with Gasteiger partial charge in [-0.25, -0.2) is 14.4 Å². The summed E-state index contributed by atoms with van der Waals surface area (Å²) in [6.07, 6.45) is 0. The van der Waals surface area contributed by atoms with Crippen molar-refractivity contribution in [3.05, 3.63) is 85.6 Å². The zero-order valence-corrected chi connectivity index (χ0v) is 24.1. The third-order valence-electron chi connectivity index (χ3n) is 6.21. The molecule has 0 radical (unpaired) electrons. The number of benzene rings is 2. The van der Waals surface area contributed by atoms with Gasteiger partial charge in [0.1, 0.15) is 15.6 Å². The molecule has 212 valence electrons. The molecule has 0 aliphatic carbocycles. The second-order valence-corrected chi connectivity index (χ2v) is 10.2. The van der Waals surface area contributed by atoms with Crippen molar-refractivity contribution in [2.75, 3.05) is 25.6 Å². The van der Waals surface area contributed by atoms with Gasteiger partial charge in [0.2, 0.25) is 0 Å². The molecule has 2 heterocycles. The first-order chi connectivity index (χ1) is 19.6. The number of nitrogens with zero attached hydrogens (tertiary/aromatic N) is 1. The van der Waals surface area contributed by atoms with Crippen LogP contribution in [0.3, 0.4) is 0 Å². The number of fused-ring (bicyclic) bond motifs is 1. The van der Waals surface area contributed by atoms with Crippen LogP contribution in [0.25, 0.3) is 21.9 Å². The maximum absolute atomic E-state index is 13.4.